The fourth-order valence-electron chi connectivity index (χ4n) is 9.17. The van der Waals surface area contributed by atoms with Crippen LogP contribution in [0.3, 0.4) is 0 Å². The molecule has 5 heterocycles. The van der Waals surface area contributed by atoms with Crippen LogP contribution in [0.15, 0.2) is 122 Å². The molecule has 3 aliphatic rings. The molecule has 6 aromatic rings. The number of carbonyl (C=O) groups excluding carboxylic acids is 2. The number of nitriles is 1. The van der Waals surface area contributed by atoms with Crippen LogP contribution in [0.2, 0.25) is 0 Å². The van der Waals surface area contributed by atoms with E-state index >= 15 is 9.59 Å². The van der Waals surface area contributed by atoms with Gasteiger partial charge < -0.3 is 4.98 Å². The largest absolute Gasteiger partial charge is 0.360 e. The molecule has 8 nitrogen and oxygen atoms in total. The molecule has 242 valence electrons. The number of rotatable bonds is 6. The molecule has 0 bridgehead atoms. The summed E-state index contributed by atoms with van der Waals surface area (Å²) in [5.74, 6) is 1.23. The molecule has 9 rings (SSSR count). The Hall–Kier alpha value is -6.22. The number of aromatic amines is 1. The second-order valence-electron chi connectivity index (χ2n) is 13.3. The van der Waals surface area contributed by atoms with Gasteiger partial charge >= 0.3 is 0 Å². The number of para-hydroxylation sites is 3. The zero-order valence-electron chi connectivity index (χ0n) is 27.2. The van der Waals surface area contributed by atoms with Gasteiger partial charge in [-0.05, 0) is 43.7 Å². The van der Waals surface area contributed by atoms with Gasteiger partial charge in [-0.2, -0.15) is 10.4 Å². The first kappa shape index (κ1) is 29.9. The summed E-state index contributed by atoms with van der Waals surface area (Å²) < 4.78 is 1.80. The zero-order chi connectivity index (χ0) is 34.0. The van der Waals surface area contributed by atoms with Crippen LogP contribution < -0.4 is 4.90 Å². The standard InChI is InChI=1S/C42H32N6O2/c1-2-23-46-35-21-12-10-19-33(35)42(40(46)50)38(32-26-48(29-16-7-4-8-17-29)45-37(32)28-14-5-3-6-15-28)41(27-43,36-22-13-24-47(36)42)39(49)31-25-44-34-20-11-9-18-30(31)34/h1,3-12,14-21,25-26,36,38,44H,13,22-24H2/t36?,38-,41+,42+/m1/s1. The molecule has 1 unspecified atom stereocenters. The summed E-state index contributed by atoms with van der Waals surface area (Å²) in [7, 11) is 0. The minimum absolute atomic E-state index is 0.0631. The summed E-state index contributed by atoms with van der Waals surface area (Å²) in [6.45, 7) is 0.608. The number of ketones is 1. The van der Waals surface area contributed by atoms with Crippen LogP contribution in [0, 0.1) is 29.1 Å². The van der Waals surface area contributed by atoms with Crippen LogP contribution in [0.5, 0.6) is 0 Å². The van der Waals surface area contributed by atoms with Gasteiger partial charge in [-0.3, -0.25) is 19.4 Å². The van der Waals surface area contributed by atoms with Crippen molar-refractivity contribution in [1.82, 2.24) is 19.7 Å². The monoisotopic (exact) mass is 652 g/mol. The molecular formula is C42H32N6O2. The number of amides is 1. The second-order valence-corrected chi connectivity index (χ2v) is 13.3. The summed E-state index contributed by atoms with van der Waals surface area (Å²) in [5.41, 5.74) is 2.55. The maximum atomic E-state index is 15.6. The van der Waals surface area contributed by atoms with Crippen molar-refractivity contribution in [1.29, 1.82) is 5.26 Å². The average Bonchev–Trinajstić information content (AvgIpc) is 3.99. The lowest BCUT2D eigenvalue weighted by molar-refractivity contribution is -0.129. The third-order valence-electron chi connectivity index (χ3n) is 11.0. The summed E-state index contributed by atoms with van der Waals surface area (Å²) in [6, 6.07) is 37.0. The van der Waals surface area contributed by atoms with Gasteiger partial charge in [-0.25, -0.2) is 4.68 Å². The molecule has 2 aromatic heterocycles. The van der Waals surface area contributed by atoms with E-state index < -0.39 is 22.9 Å². The Kier molecular flexibility index (Phi) is 6.67. The maximum absolute atomic E-state index is 15.6. The number of benzene rings is 4. The van der Waals surface area contributed by atoms with Crippen LogP contribution >= 0.6 is 0 Å². The smallest absolute Gasteiger partial charge is 0.253 e. The Morgan fingerprint density at radius 1 is 0.960 bits per heavy atom. The fourth-order valence-corrected chi connectivity index (χ4v) is 9.17. The lowest BCUT2D eigenvalue weighted by Crippen LogP contribution is -2.53. The Bertz CT molecular complexity index is 2400. The number of aromatic nitrogens is 3. The van der Waals surface area contributed by atoms with Crippen LogP contribution in [-0.2, 0) is 10.3 Å². The summed E-state index contributed by atoms with van der Waals surface area (Å²) in [4.78, 5) is 38.2. The van der Waals surface area contributed by atoms with Gasteiger partial charge in [-0.15, -0.1) is 6.42 Å². The number of hydrogen-bond acceptors (Lipinski definition) is 5. The summed E-state index contributed by atoms with van der Waals surface area (Å²) >= 11 is 0. The highest BCUT2D eigenvalue weighted by Crippen LogP contribution is 2.68. The van der Waals surface area contributed by atoms with Gasteiger partial charge in [0.15, 0.2) is 5.78 Å². The molecule has 2 saturated heterocycles. The first-order chi connectivity index (χ1) is 24.6. The van der Waals surface area contributed by atoms with Crippen molar-refractivity contribution in [3.05, 3.63) is 138 Å². The van der Waals surface area contributed by atoms with E-state index in [1.807, 2.05) is 115 Å². The van der Waals surface area contributed by atoms with Crippen molar-refractivity contribution in [2.24, 2.45) is 5.41 Å². The topological polar surface area (TPSA) is 98.0 Å². The molecule has 1 amide bonds. The fraction of sp³-hybridized carbons (Fsp3) is 0.190. The van der Waals surface area contributed by atoms with Crippen molar-refractivity contribution in [2.75, 3.05) is 18.0 Å². The molecule has 0 saturated carbocycles. The van der Waals surface area contributed by atoms with E-state index in [1.165, 1.54) is 0 Å². The Labute approximate surface area is 289 Å². The minimum atomic E-state index is -1.68. The van der Waals surface area contributed by atoms with E-state index in [-0.39, 0.29) is 18.2 Å². The van der Waals surface area contributed by atoms with Gasteiger partial charge in [0, 0.05) is 57.5 Å². The number of terminal acetylenes is 1. The number of nitrogens with one attached hydrogen (secondary N) is 1. The van der Waals surface area contributed by atoms with E-state index in [2.05, 4.69) is 21.9 Å². The minimum Gasteiger partial charge on any atom is -0.360 e. The van der Waals surface area contributed by atoms with Crippen molar-refractivity contribution in [3.8, 4) is 35.4 Å². The molecule has 2 fully saturated rings. The molecule has 4 atom stereocenters. The predicted octanol–water partition coefficient (Wildman–Crippen LogP) is 6.85. The summed E-state index contributed by atoms with van der Waals surface area (Å²) in [6.07, 6.45) is 10.9. The van der Waals surface area contributed by atoms with E-state index in [1.54, 1.807) is 15.8 Å². The van der Waals surface area contributed by atoms with E-state index in [0.717, 1.165) is 34.1 Å². The highest BCUT2D eigenvalue weighted by atomic mass is 16.2. The molecule has 50 heavy (non-hydrogen) atoms. The molecule has 0 aliphatic carbocycles. The average molecular weight is 653 g/mol. The first-order valence-corrected chi connectivity index (χ1v) is 16.9. The van der Waals surface area contributed by atoms with Crippen LogP contribution in [-0.4, -0.2) is 50.5 Å². The van der Waals surface area contributed by atoms with Crippen LogP contribution in [0.1, 0.15) is 40.2 Å². The van der Waals surface area contributed by atoms with Crippen molar-refractivity contribution >= 4 is 28.3 Å². The number of Topliss-reactive ketones (excluding diaryl/α,β-unsaturated/α-hetero) is 1. The quantitative estimate of drug-likeness (QED) is 0.157. The molecule has 8 heteroatoms. The molecule has 1 spiro atoms. The van der Waals surface area contributed by atoms with Crippen molar-refractivity contribution < 1.29 is 9.59 Å². The Morgan fingerprint density at radius 3 is 2.46 bits per heavy atom. The molecule has 1 N–H and O–H groups in total. The first-order valence-electron chi connectivity index (χ1n) is 16.9. The van der Waals surface area contributed by atoms with Crippen LogP contribution in [0.4, 0.5) is 5.69 Å². The summed E-state index contributed by atoms with van der Waals surface area (Å²) in [5, 5.41) is 17.7. The van der Waals surface area contributed by atoms with Gasteiger partial charge in [-0.1, -0.05) is 90.8 Å². The highest BCUT2D eigenvalue weighted by Gasteiger charge is 2.77. The van der Waals surface area contributed by atoms with Gasteiger partial charge in [0.05, 0.1) is 29.7 Å². The number of anilines is 1. The lowest BCUT2D eigenvalue weighted by Gasteiger charge is -2.39. The SMILES string of the molecule is C#CCN1C(=O)[C@]2(c3ccccc31)[C@H](c1cn(-c3ccccc3)nc1-c1ccccc1)[C@@](C#N)(C(=O)c1c[nH]c3ccccc13)C1CCCN12. The maximum Gasteiger partial charge on any atom is 0.253 e. The highest BCUT2D eigenvalue weighted by molar-refractivity contribution is 6.16. The number of carbonyl (C=O) groups is 2. The van der Waals surface area contributed by atoms with Gasteiger partial charge in [0.2, 0.25) is 0 Å². The number of hydrogen-bond donors (Lipinski definition) is 1. The van der Waals surface area contributed by atoms with E-state index in [4.69, 9.17) is 11.5 Å². The third-order valence-corrected chi connectivity index (χ3v) is 11.0. The number of H-pyrrole nitrogens is 1. The second kappa shape index (κ2) is 11.2. The van der Waals surface area contributed by atoms with Crippen molar-refractivity contribution in [3.63, 3.8) is 0 Å². The van der Waals surface area contributed by atoms with Crippen molar-refractivity contribution in [2.45, 2.75) is 30.3 Å². The predicted molar refractivity (Wildman–Crippen MR) is 191 cm³/mol. The lowest BCUT2D eigenvalue weighted by atomic mass is 9.60. The normalized spacial score (nSPS) is 24.0. The van der Waals surface area contributed by atoms with Crippen LogP contribution in [0.25, 0.3) is 27.8 Å². The molecule has 0 radical (unpaired) electrons. The molecular weight excluding hydrogens is 621 g/mol. The van der Waals surface area contributed by atoms with E-state index in [9.17, 15) is 5.26 Å². The van der Waals surface area contributed by atoms with E-state index in [0.29, 0.717) is 35.5 Å². The molecule has 3 aliphatic heterocycles. The van der Waals surface area contributed by atoms with Gasteiger partial charge in [0.25, 0.3) is 5.91 Å². The zero-order valence-corrected chi connectivity index (χ0v) is 27.2. The molecule has 4 aromatic carbocycles. The third kappa shape index (κ3) is 3.82. The Morgan fingerprint density at radius 2 is 1.68 bits per heavy atom. The number of fused-ring (bicyclic) bond motifs is 5. The number of nitrogens with zero attached hydrogens (tertiary/aromatic N) is 5. The van der Waals surface area contributed by atoms with Gasteiger partial charge in [0.1, 0.15) is 11.0 Å². The Balaban J connectivity index is 1.41.